The average molecular weight is 371 g/mol. The Kier molecular flexibility index (Phi) is 7.02. The maximum Gasteiger partial charge on any atom is 0.227 e. The van der Waals surface area contributed by atoms with Crippen LogP contribution in [-0.4, -0.2) is 47.1 Å². The first-order chi connectivity index (χ1) is 11.2. The van der Waals surface area contributed by atoms with Crippen molar-refractivity contribution in [2.45, 2.75) is 19.3 Å². The molecule has 0 saturated carbocycles. The predicted octanol–water partition coefficient (Wildman–Crippen LogP) is 2.57. The Morgan fingerprint density at radius 3 is 2.83 bits per heavy atom. The van der Waals surface area contributed by atoms with E-state index in [-0.39, 0.29) is 18.3 Å². The lowest BCUT2D eigenvalue weighted by atomic mass is 10.2. The zero-order valence-electron chi connectivity index (χ0n) is 13.2. The Balaban J connectivity index is 0.00000208. The van der Waals surface area contributed by atoms with Gasteiger partial charge in [-0.1, -0.05) is 16.8 Å². The Morgan fingerprint density at radius 1 is 1.25 bits per heavy atom. The molecule has 1 aromatic carbocycles. The van der Waals surface area contributed by atoms with Crippen LogP contribution in [0.25, 0.3) is 11.4 Å². The van der Waals surface area contributed by atoms with E-state index in [1.165, 1.54) is 0 Å². The second kappa shape index (κ2) is 9.01. The SMILES string of the molecule is Cl.O=C(CCc1nc(-c2ccc(Cl)cc2)no1)N1CCCNCC1. The van der Waals surface area contributed by atoms with E-state index in [4.69, 9.17) is 16.1 Å². The standard InChI is InChI=1S/C16H19ClN4O2.ClH/c17-13-4-2-12(3-5-13)16-19-14(23-20-16)6-7-15(22)21-10-1-8-18-9-11-21;/h2-5,18H,1,6-11H2;1H. The minimum absolute atomic E-state index is 0. The summed E-state index contributed by atoms with van der Waals surface area (Å²) in [5.41, 5.74) is 0.842. The van der Waals surface area contributed by atoms with Gasteiger partial charge in [0, 0.05) is 43.1 Å². The molecule has 1 N–H and O–H groups in total. The van der Waals surface area contributed by atoms with Crippen LogP contribution in [0.3, 0.4) is 0 Å². The minimum atomic E-state index is 0. The zero-order chi connectivity index (χ0) is 16.1. The highest BCUT2D eigenvalue weighted by Gasteiger charge is 2.17. The van der Waals surface area contributed by atoms with E-state index in [0.29, 0.717) is 29.6 Å². The highest BCUT2D eigenvalue weighted by atomic mass is 35.5. The van der Waals surface area contributed by atoms with Gasteiger partial charge >= 0.3 is 0 Å². The topological polar surface area (TPSA) is 71.3 Å². The van der Waals surface area contributed by atoms with Crippen LogP contribution in [0.15, 0.2) is 28.8 Å². The first kappa shape index (κ1) is 18.7. The fourth-order valence-electron chi connectivity index (χ4n) is 2.54. The van der Waals surface area contributed by atoms with Crippen LogP contribution in [0, 0.1) is 0 Å². The van der Waals surface area contributed by atoms with Crippen molar-refractivity contribution in [1.82, 2.24) is 20.4 Å². The molecule has 0 spiro atoms. The van der Waals surface area contributed by atoms with Crippen LogP contribution < -0.4 is 5.32 Å². The Hall–Kier alpha value is -1.63. The van der Waals surface area contributed by atoms with Crippen molar-refractivity contribution in [2.75, 3.05) is 26.2 Å². The van der Waals surface area contributed by atoms with Gasteiger partial charge in [-0.2, -0.15) is 4.98 Å². The quantitative estimate of drug-likeness (QED) is 0.895. The lowest BCUT2D eigenvalue weighted by molar-refractivity contribution is -0.131. The minimum Gasteiger partial charge on any atom is -0.341 e. The number of benzene rings is 1. The molecule has 0 unspecified atom stereocenters. The van der Waals surface area contributed by atoms with Crippen molar-refractivity contribution in [1.29, 1.82) is 0 Å². The normalized spacial score (nSPS) is 14.8. The summed E-state index contributed by atoms with van der Waals surface area (Å²) in [6.07, 6.45) is 1.85. The first-order valence-corrected chi connectivity index (χ1v) is 8.17. The van der Waals surface area contributed by atoms with Crippen LogP contribution in [0.1, 0.15) is 18.7 Å². The van der Waals surface area contributed by atoms with Gasteiger partial charge in [0.15, 0.2) is 0 Å². The maximum atomic E-state index is 12.2. The highest BCUT2D eigenvalue weighted by Crippen LogP contribution is 2.19. The number of rotatable bonds is 4. The number of nitrogens with zero attached hydrogens (tertiary/aromatic N) is 3. The first-order valence-electron chi connectivity index (χ1n) is 7.79. The molecular weight excluding hydrogens is 351 g/mol. The summed E-state index contributed by atoms with van der Waals surface area (Å²) < 4.78 is 5.23. The van der Waals surface area contributed by atoms with Gasteiger partial charge in [0.2, 0.25) is 17.6 Å². The number of hydrogen-bond donors (Lipinski definition) is 1. The molecule has 1 amide bonds. The van der Waals surface area contributed by atoms with Crippen molar-refractivity contribution in [3.05, 3.63) is 35.2 Å². The van der Waals surface area contributed by atoms with Crippen molar-refractivity contribution in [3.8, 4) is 11.4 Å². The predicted molar refractivity (Wildman–Crippen MR) is 94.4 cm³/mol. The molecule has 1 aliphatic heterocycles. The zero-order valence-corrected chi connectivity index (χ0v) is 14.8. The van der Waals surface area contributed by atoms with E-state index in [1.54, 1.807) is 12.1 Å². The third-order valence-corrected chi connectivity index (χ3v) is 4.07. The maximum absolute atomic E-state index is 12.2. The molecule has 0 radical (unpaired) electrons. The second-order valence-electron chi connectivity index (χ2n) is 5.50. The number of aromatic nitrogens is 2. The van der Waals surface area contributed by atoms with Gasteiger partial charge in [-0.15, -0.1) is 12.4 Å². The number of nitrogens with one attached hydrogen (secondary N) is 1. The molecule has 2 aromatic rings. The van der Waals surface area contributed by atoms with Crippen molar-refractivity contribution >= 4 is 29.9 Å². The van der Waals surface area contributed by atoms with E-state index in [9.17, 15) is 4.79 Å². The van der Waals surface area contributed by atoms with E-state index in [1.807, 2.05) is 17.0 Å². The smallest absolute Gasteiger partial charge is 0.227 e. The highest BCUT2D eigenvalue weighted by molar-refractivity contribution is 6.30. The molecule has 1 aromatic heterocycles. The van der Waals surface area contributed by atoms with Gasteiger partial charge in [-0.05, 0) is 37.2 Å². The molecule has 3 rings (SSSR count). The van der Waals surface area contributed by atoms with E-state index < -0.39 is 0 Å². The monoisotopic (exact) mass is 370 g/mol. The fraction of sp³-hybridized carbons (Fsp3) is 0.438. The fourth-order valence-corrected chi connectivity index (χ4v) is 2.67. The Morgan fingerprint density at radius 2 is 2.04 bits per heavy atom. The number of halogens is 2. The summed E-state index contributed by atoms with van der Waals surface area (Å²) in [7, 11) is 0. The van der Waals surface area contributed by atoms with Gasteiger partial charge in [-0.3, -0.25) is 4.79 Å². The summed E-state index contributed by atoms with van der Waals surface area (Å²) in [6.45, 7) is 3.40. The molecule has 130 valence electrons. The number of aryl methyl sites for hydroxylation is 1. The number of amides is 1. The van der Waals surface area contributed by atoms with Gasteiger partial charge in [0.25, 0.3) is 0 Å². The molecule has 0 aliphatic carbocycles. The third-order valence-electron chi connectivity index (χ3n) is 3.82. The molecule has 0 atom stereocenters. The van der Waals surface area contributed by atoms with Crippen molar-refractivity contribution in [3.63, 3.8) is 0 Å². The summed E-state index contributed by atoms with van der Waals surface area (Å²) in [4.78, 5) is 18.5. The van der Waals surface area contributed by atoms with Crippen molar-refractivity contribution < 1.29 is 9.32 Å². The Labute approximate surface area is 152 Å². The van der Waals surface area contributed by atoms with E-state index in [0.717, 1.165) is 38.2 Å². The summed E-state index contributed by atoms with van der Waals surface area (Å²) >= 11 is 5.86. The molecular formula is C16H20Cl2N4O2. The third kappa shape index (κ3) is 4.93. The van der Waals surface area contributed by atoms with Gasteiger partial charge < -0.3 is 14.7 Å². The lowest BCUT2D eigenvalue weighted by Gasteiger charge is -2.19. The molecule has 6 nitrogen and oxygen atoms in total. The molecule has 24 heavy (non-hydrogen) atoms. The summed E-state index contributed by atoms with van der Waals surface area (Å²) in [6, 6.07) is 7.24. The lowest BCUT2D eigenvalue weighted by Crippen LogP contribution is -2.34. The molecule has 2 heterocycles. The number of hydrogen-bond acceptors (Lipinski definition) is 5. The largest absolute Gasteiger partial charge is 0.341 e. The van der Waals surface area contributed by atoms with Crippen molar-refractivity contribution in [2.24, 2.45) is 0 Å². The van der Waals surface area contributed by atoms with E-state index >= 15 is 0 Å². The number of carbonyl (C=O) groups is 1. The number of carbonyl (C=O) groups excluding carboxylic acids is 1. The van der Waals surface area contributed by atoms with Crippen LogP contribution >= 0.6 is 24.0 Å². The molecule has 1 aliphatic rings. The van der Waals surface area contributed by atoms with Crippen LogP contribution in [0.5, 0.6) is 0 Å². The van der Waals surface area contributed by atoms with Gasteiger partial charge in [-0.25, -0.2) is 0 Å². The molecule has 8 heteroatoms. The van der Waals surface area contributed by atoms with Crippen LogP contribution in [-0.2, 0) is 11.2 Å². The van der Waals surface area contributed by atoms with E-state index in [2.05, 4.69) is 15.5 Å². The van der Waals surface area contributed by atoms with Gasteiger partial charge in [0.05, 0.1) is 0 Å². The second-order valence-corrected chi connectivity index (χ2v) is 5.94. The Bertz CT molecular complexity index is 652. The van der Waals surface area contributed by atoms with Gasteiger partial charge in [0.1, 0.15) is 0 Å². The summed E-state index contributed by atoms with van der Waals surface area (Å²) in [5, 5.41) is 7.91. The van der Waals surface area contributed by atoms with Crippen LogP contribution in [0.2, 0.25) is 5.02 Å². The molecule has 0 bridgehead atoms. The molecule has 1 fully saturated rings. The summed E-state index contributed by atoms with van der Waals surface area (Å²) in [5.74, 6) is 1.14. The average Bonchev–Trinajstić information content (AvgIpc) is 2.86. The van der Waals surface area contributed by atoms with Crippen LogP contribution in [0.4, 0.5) is 0 Å². The molecule has 1 saturated heterocycles.